The van der Waals surface area contributed by atoms with Crippen molar-refractivity contribution in [3.05, 3.63) is 89.0 Å². The van der Waals surface area contributed by atoms with Gasteiger partial charge in [0.15, 0.2) is 0 Å². The van der Waals surface area contributed by atoms with Crippen LogP contribution in [0.1, 0.15) is 27.0 Å². The molecule has 9 nitrogen and oxygen atoms in total. The van der Waals surface area contributed by atoms with E-state index in [1.807, 2.05) is 19.1 Å². The number of hydroxylamine groups is 1. The van der Waals surface area contributed by atoms with Crippen LogP contribution >= 0.6 is 0 Å². The first-order valence-electron chi connectivity index (χ1n) is 11.1. The zero-order chi connectivity index (χ0) is 26.4. The molecule has 3 aromatic rings. The molecular formula is C26H29N3O6S. The minimum atomic E-state index is -2.42. The summed E-state index contributed by atoms with van der Waals surface area (Å²) < 4.78 is 29.5. The van der Waals surface area contributed by atoms with Crippen LogP contribution in [0.3, 0.4) is 0 Å². The van der Waals surface area contributed by atoms with Gasteiger partial charge in [0.25, 0.3) is 17.2 Å². The molecule has 2 unspecified atom stereocenters. The highest BCUT2D eigenvalue weighted by atomic mass is 32.2. The third kappa shape index (κ3) is 6.48. The third-order valence-electron chi connectivity index (χ3n) is 5.60. The summed E-state index contributed by atoms with van der Waals surface area (Å²) in [6.07, 6.45) is 0.196. The van der Waals surface area contributed by atoms with Crippen molar-refractivity contribution in [3.63, 3.8) is 0 Å². The normalized spacial score (nSPS) is 12.4. The second kappa shape index (κ2) is 11.8. The van der Waals surface area contributed by atoms with E-state index in [0.29, 0.717) is 28.3 Å². The summed E-state index contributed by atoms with van der Waals surface area (Å²) in [5, 5.41) is 8.82. The molecule has 0 aromatic heterocycles. The van der Waals surface area contributed by atoms with E-state index in [4.69, 9.17) is 9.94 Å². The second-order valence-electron chi connectivity index (χ2n) is 8.51. The molecule has 190 valence electrons. The molecule has 3 aromatic carbocycles. The number of nitrogens with one attached hydrogen (secondary N) is 1. The van der Waals surface area contributed by atoms with Gasteiger partial charge in [0.2, 0.25) is 5.91 Å². The second-order valence-corrected chi connectivity index (χ2v) is 9.36. The maximum absolute atomic E-state index is 13.0. The average molecular weight is 512 g/mol. The minimum Gasteiger partial charge on any atom is -0.457 e. The maximum atomic E-state index is 13.0. The summed E-state index contributed by atoms with van der Waals surface area (Å²) in [6.45, 7) is 3.64. The number of likely N-dealkylation sites (N-methyl/N-ethyl adjacent to an activating group) is 1. The lowest BCUT2D eigenvalue weighted by atomic mass is 10.0. The molecule has 0 heterocycles. The van der Waals surface area contributed by atoms with E-state index in [1.54, 1.807) is 81.1 Å². The van der Waals surface area contributed by atoms with Crippen LogP contribution in [0.25, 0.3) is 0 Å². The number of hydrogen-bond acceptors (Lipinski definition) is 5. The van der Waals surface area contributed by atoms with Gasteiger partial charge in [-0.2, -0.15) is 0 Å². The molecule has 0 aliphatic heterocycles. The van der Waals surface area contributed by atoms with E-state index in [-0.39, 0.29) is 12.3 Å². The Morgan fingerprint density at radius 1 is 0.972 bits per heavy atom. The molecule has 0 spiro atoms. The molecule has 0 saturated carbocycles. The Kier molecular flexibility index (Phi) is 8.81. The molecule has 3 N–H and O–H groups in total. The van der Waals surface area contributed by atoms with E-state index in [0.717, 1.165) is 11.1 Å². The Labute approximate surface area is 212 Å². The fourth-order valence-electron chi connectivity index (χ4n) is 3.71. The van der Waals surface area contributed by atoms with Crippen molar-refractivity contribution >= 4 is 28.8 Å². The average Bonchev–Trinajstić information content (AvgIpc) is 2.84. The summed E-state index contributed by atoms with van der Waals surface area (Å²) in [4.78, 5) is 26.1. The van der Waals surface area contributed by atoms with E-state index in [2.05, 4.69) is 0 Å². The SMILES string of the molecule is Cc1ccc(N(C(Cc2ccc(Oc3ccc(C(=O)NO)c(C)c3)cc2)C(=O)N(C)C)S(=O)O)cc1. The van der Waals surface area contributed by atoms with Gasteiger partial charge >= 0.3 is 0 Å². The number of ether oxygens (including phenoxy) is 1. The lowest BCUT2D eigenvalue weighted by Gasteiger charge is -2.31. The number of nitrogens with zero attached hydrogens (tertiary/aromatic N) is 2. The molecule has 2 atom stereocenters. The fourth-order valence-corrected chi connectivity index (χ4v) is 4.39. The number of rotatable bonds is 9. The molecule has 0 aliphatic carbocycles. The quantitative estimate of drug-likeness (QED) is 0.228. The zero-order valence-electron chi connectivity index (χ0n) is 20.5. The maximum Gasteiger partial charge on any atom is 0.274 e. The zero-order valence-corrected chi connectivity index (χ0v) is 21.3. The van der Waals surface area contributed by atoms with E-state index in [9.17, 15) is 18.4 Å². The number of aryl methyl sites for hydroxylation is 2. The molecule has 10 heteroatoms. The van der Waals surface area contributed by atoms with Gasteiger partial charge in [-0.3, -0.25) is 23.7 Å². The molecule has 36 heavy (non-hydrogen) atoms. The van der Waals surface area contributed by atoms with Crippen LogP contribution in [0, 0.1) is 13.8 Å². The third-order valence-corrected chi connectivity index (χ3v) is 6.40. The lowest BCUT2D eigenvalue weighted by Crippen LogP contribution is -2.48. The molecule has 0 bridgehead atoms. The molecular weight excluding hydrogens is 482 g/mol. The molecule has 0 aliphatic rings. The van der Waals surface area contributed by atoms with Crippen molar-refractivity contribution in [1.29, 1.82) is 0 Å². The number of hydrogen-bond donors (Lipinski definition) is 3. The summed E-state index contributed by atoms with van der Waals surface area (Å²) in [5.41, 5.74) is 4.81. The molecule has 0 saturated heterocycles. The van der Waals surface area contributed by atoms with E-state index >= 15 is 0 Å². The summed E-state index contributed by atoms with van der Waals surface area (Å²) in [5.74, 6) is 0.139. The Morgan fingerprint density at radius 2 is 1.58 bits per heavy atom. The monoisotopic (exact) mass is 511 g/mol. The Hall–Kier alpha value is -3.73. The Morgan fingerprint density at radius 3 is 2.11 bits per heavy atom. The van der Waals surface area contributed by atoms with Gasteiger partial charge in [-0.1, -0.05) is 29.8 Å². The molecule has 2 amide bonds. The highest BCUT2D eigenvalue weighted by Crippen LogP contribution is 2.26. The highest BCUT2D eigenvalue weighted by molar-refractivity contribution is 7.80. The number of benzene rings is 3. The minimum absolute atomic E-state index is 0.196. The van der Waals surface area contributed by atoms with Gasteiger partial charge in [0.05, 0.1) is 5.69 Å². The van der Waals surface area contributed by atoms with Gasteiger partial charge < -0.3 is 9.64 Å². The van der Waals surface area contributed by atoms with Crippen LogP contribution in [-0.2, 0) is 22.5 Å². The van der Waals surface area contributed by atoms with Crippen LogP contribution in [-0.4, -0.2) is 50.8 Å². The standard InChI is InChI=1S/C26H29N3O6S/c1-17-5-9-20(10-6-17)29(36(33)34)24(26(31)28(3)4)16-19-7-11-21(12-8-19)35-22-13-14-23(18(2)15-22)25(30)27-32/h5-15,24,32H,16H2,1-4H3,(H,27,30)(H,33,34). The largest absolute Gasteiger partial charge is 0.457 e. The fraction of sp³-hybridized carbons (Fsp3) is 0.231. The number of carbonyl (C=O) groups is 2. The highest BCUT2D eigenvalue weighted by Gasteiger charge is 2.31. The Balaban J connectivity index is 1.82. The molecule has 3 rings (SSSR count). The number of carbonyl (C=O) groups excluding carboxylic acids is 2. The van der Waals surface area contributed by atoms with E-state index < -0.39 is 23.2 Å². The number of anilines is 1. The van der Waals surface area contributed by atoms with Crippen molar-refractivity contribution in [1.82, 2.24) is 10.4 Å². The summed E-state index contributed by atoms with van der Waals surface area (Å²) in [7, 11) is 3.22. The van der Waals surface area contributed by atoms with Gasteiger partial charge in [-0.25, -0.2) is 9.69 Å². The van der Waals surface area contributed by atoms with Crippen molar-refractivity contribution in [3.8, 4) is 11.5 Å². The molecule has 0 fully saturated rings. The van der Waals surface area contributed by atoms with Crippen LogP contribution in [0.4, 0.5) is 5.69 Å². The first-order chi connectivity index (χ1) is 17.1. The topological polar surface area (TPSA) is 119 Å². The first kappa shape index (κ1) is 26.9. The molecule has 0 radical (unpaired) electrons. The predicted octanol–water partition coefficient (Wildman–Crippen LogP) is 3.86. The van der Waals surface area contributed by atoms with Crippen LogP contribution < -0.4 is 14.5 Å². The van der Waals surface area contributed by atoms with Crippen molar-refractivity contribution in [2.24, 2.45) is 0 Å². The van der Waals surface area contributed by atoms with Crippen LogP contribution in [0.5, 0.6) is 11.5 Å². The van der Waals surface area contributed by atoms with Gasteiger partial charge in [-0.05, 0) is 67.4 Å². The van der Waals surface area contributed by atoms with Crippen molar-refractivity contribution in [2.45, 2.75) is 26.3 Å². The van der Waals surface area contributed by atoms with Crippen molar-refractivity contribution in [2.75, 3.05) is 18.4 Å². The summed E-state index contributed by atoms with van der Waals surface area (Å²) in [6, 6.07) is 18.1. The van der Waals surface area contributed by atoms with Crippen molar-refractivity contribution < 1.29 is 28.3 Å². The lowest BCUT2D eigenvalue weighted by molar-refractivity contribution is -0.129. The van der Waals surface area contributed by atoms with Gasteiger partial charge in [0, 0.05) is 26.1 Å². The van der Waals surface area contributed by atoms with Gasteiger partial charge in [0.1, 0.15) is 17.5 Å². The van der Waals surface area contributed by atoms with Crippen LogP contribution in [0.2, 0.25) is 0 Å². The predicted molar refractivity (Wildman–Crippen MR) is 138 cm³/mol. The van der Waals surface area contributed by atoms with Crippen LogP contribution in [0.15, 0.2) is 66.7 Å². The van der Waals surface area contributed by atoms with Gasteiger partial charge in [-0.15, -0.1) is 0 Å². The van der Waals surface area contributed by atoms with E-state index in [1.165, 1.54) is 9.21 Å². The smallest absolute Gasteiger partial charge is 0.274 e. The summed E-state index contributed by atoms with van der Waals surface area (Å²) >= 11 is -2.42. The Bertz CT molecular complexity index is 1250. The number of amides is 2. The first-order valence-corrected chi connectivity index (χ1v) is 12.2.